The van der Waals surface area contributed by atoms with Gasteiger partial charge in [0.1, 0.15) is 5.82 Å². The van der Waals surface area contributed by atoms with Gasteiger partial charge in [-0.2, -0.15) is 0 Å². The second-order valence-electron chi connectivity index (χ2n) is 6.72. The smallest absolute Gasteiger partial charge is 0.104 e. The summed E-state index contributed by atoms with van der Waals surface area (Å²) in [5, 5.41) is 10.0. The van der Waals surface area contributed by atoms with Gasteiger partial charge in [-0.05, 0) is 25.5 Å². The molecule has 132 valence electrons. The van der Waals surface area contributed by atoms with Crippen LogP contribution in [0.15, 0.2) is 54.9 Å². The molecule has 5 heteroatoms. The Hall–Kier alpha value is -2.92. The van der Waals surface area contributed by atoms with Crippen LogP contribution in [0.3, 0.4) is 0 Å². The standard InChI is InChI=1S/C21H22N4O/c1-14(26)11-19-21(16-7-4-3-5-8-16)22-13-25(19)12-17-9-6-10-18-20(17)24-15(2)23-18/h3-10,13-14,26H,11-12H2,1-2H3,(H,23,24). The first-order valence-electron chi connectivity index (χ1n) is 8.83. The number of hydrogen-bond acceptors (Lipinski definition) is 3. The van der Waals surface area contributed by atoms with E-state index in [9.17, 15) is 5.11 Å². The number of hydrogen-bond donors (Lipinski definition) is 2. The number of nitrogens with zero attached hydrogens (tertiary/aromatic N) is 3. The molecule has 1 unspecified atom stereocenters. The van der Waals surface area contributed by atoms with Crippen LogP contribution in [0.1, 0.15) is 24.0 Å². The predicted molar refractivity (Wildman–Crippen MR) is 103 cm³/mol. The summed E-state index contributed by atoms with van der Waals surface area (Å²) in [5.41, 5.74) is 6.20. The Kier molecular flexibility index (Phi) is 4.31. The molecule has 0 aliphatic heterocycles. The summed E-state index contributed by atoms with van der Waals surface area (Å²) in [6.45, 7) is 4.45. The second kappa shape index (κ2) is 6.77. The molecule has 4 aromatic rings. The Bertz CT molecular complexity index is 1030. The van der Waals surface area contributed by atoms with Gasteiger partial charge in [0.15, 0.2) is 0 Å². The van der Waals surface area contributed by atoms with Gasteiger partial charge in [-0.25, -0.2) is 9.97 Å². The van der Waals surface area contributed by atoms with Gasteiger partial charge in [0.05, 0.1) is 35.7 Å². The molecule has 0 fully saturated rings. The number of aromatic nitrogens is 4. The molecule has 2 N–H and O–H groups in total. The van der Waals surface area contributed by atoms with Gasteiger partial charge in [0.25, 0.3) is 0 Å². The van der Waals surface area contributed by atoms with Crippen LogP contribution >= 0.6 is 0 Å². The molecule has 0 radical (unpaired) electrons. The van der Waals surface area contributed by atoms with E-state index in [0.29, 0.717) is 13.0 Å². The van der Waals surface area contributed by atoms with E-state index in [0.717, 1.165) is 39.4 Å². The number of H-pyrrole nitrogens is 1. The lowest BCUT2D eigenvalue weighted by Crippen LogP contribution is -2.12. The van der Waals surface area contributed by atoms with E-state index in [1.54, 1.807) is 0 Å². The van der Waals surface area contributed by atoms with Gasteiger partial charge < -0.3 is 14.7 Å². The molecule has 5 nitrogen and oxygen atoms in total. The summed E-state index contributed by atoms with van der Waals surface area (Å²) in [4.78, 5) is 12.6. The van der Waals surface area contributed by atoms with Crippen molar-refractivity contribution in [2.24, 2.45) is 0 Å². The first-order valence-corrected chi connectivity index (χ1v) is 8.83. The first-order chi connectivity index (χ1) is 12.6. The fourth-order valence-electron chi connectivity index (χ4n) is 3.40. The number of aromatic amines is 1. The summed E-state index contributed by atoms with van der Waals surface area (Å²) < 4.78 is 2.12. The Morgan fingerprint density at radius 2 is 1.92 bits per heavy atom. The normalized spacial score (nSPS) is 12.6. The average molecular weight is 346 g/mol. The molecule has 0 aliphatic rings. The molecule has 2 heterocycles. The van der Waals surface area contributed by atoms with Crippen molar-refractivity contribution in [3.05, 3.63) is 71.9 Å². The fourth-order valence-corrected chi connectivity index (χ4v) is 3.40. The van der Waals surface area contributed by atoms with Crippen molar-refractivity contribution in [3.63, 3.8) is 0 Å². The zero-order valence-corrected chi connectivity index (χ0v) is 15.0. The minimum Gasteiger partial charge on any atom is -0.393 e. The molecule has 0 spiro atoms. The number of para-hydroxylation sites is 1. The van der Waals surface area contributed by atoms with Crippen LogP contribution in [-0.4, -0.2) is 30.7 Å². The van der Waals surface area contributed by atoms with Crippen molar-refractivity contribution in [1.29, 1.82) is 0 Å². The van der Waals surface area contributed by atoms with E-state index >= 15 is 0 Å². The fraction of sp³-hybridized carbons (Fsp3) is 0.238. The van der Waals surface area contributed by atoms with Crippen molar-refractivity contribution < 1.29 is 5.11 Å². The minimum absolute atomic E-state index is 0.434. The van der Waals surface area contributed by atoms with E-state index in [1.165, 1.54) is 0 Å². The lowest BCUT2D eigenvalue weighted by molar-refractivity contribution is 0.193. The molecule has 2 aromatic carbocycles. The maximum absolute atomic E-state index is 10.0. The van der Waals surface area contributed by atoms with Gasteiger partial charge in [0, 0.05) is 17.7 Å². The molecule has 26 heavy (non-hydrogen) atoms. The molecular weight excluding hydrogens is 324 g/mol. The highest BCUT2D eigenvalue weighted by Gasteiger charge is 2.16. The summed E-state index contributed by atoms with van der Waals surface area (Å²) >= 11 is 0. The minimum atomic E-state index is -0.434. The van der Waals surface area contributed by atoms with E-state index in [-0.39, 0.29) is 0 Å². The average Bonchev–Trinajstić information content (AvgIpc) is 3.19. The van der Waals surface area contributed by atoms with Crippen LogP contribution in [0.5, 0.6) is 0 Å². The van der Waals surface area contributed by atoms with E-state index in [2.05, 4.69) is 37.7 Å². The van der Waals surface area contributed by atoms with Crippen LogP contribution in [0, 0.1) is 6.92 Å². The number of imidazole rings is 2. The van der Waals surface area contributed by atoms with Gasteiger partial charge in [-0.15, -0.1) is 0 Å². The Balaban J connectivity index is 1.77. The third kappa shape index (κ3) is 3.13. The Morgan fingerprint density at radius 1 is 1.12 bits per heavy atom. The maximum Gasteiger partial charge on any atom is 0.104 e. The monoisotopic (exact) mass is 346 g/mol. The molecule has 1 atom stereocenters. The van der Waals surface area contributed by atoms with Crippen LogP contribution in [0.25, 0.3) is 22.3 Å². The summed E-state index contributed by atoms with van der Waals surface area (Å²) in [5.74, 6) is 0.909. The molecule has 0 bridgehead atoms. The number of fused-ring (bicyclic) bond motifs is 1. The number of aryl methyl sites for hydroxylation is 1. The topological polar surface area (TPSA) is 66.7 Å². The number of nitrogens with one attached hydrogen (secondary N) is 1. The SMILES string of the molecule is Cc1nc2c(Cn3cnc(-c4ccccc4)c3CC(C)O)cccc2[nH]1. The number of benzene rings is 2. The van der Waals surface area contributed by atoms with Crippen LogP contribution in [0.4, 0.5) is 0 Å². The predicted octanol–water partition coefficient (Wildman–Crippen LogP) is 3.71. The molecule has 2 aromatic heterocycles. The van der Waals surface area contributed by atoms with Crippen molar-refractivity contribution in [1.82, 2.24) is 19.5 Å². The molecule has 0 amide bonds. The van der Waals surface area contributed by atoms with Crippen LogP contribution in [-0.2, 0) is 13.0 Å². The van der Waals surface area contributed by atoms with E-state index in [1.807, 2.05) is 50.5 Å². The summed E-state index contributed by atoms with van der Waals surface area (Å²) in [6, 6.07) is 16.3. The van der Waals surface area contributed by atoms with Crippen LogP contribution in [0.2, 0.25) is 0 Å². The molecule has 4 rings (SSSR count). The van der Waals surface area contributed by atoms with E-state index < -0.39 is 6.10 Å². The van der Waals surface area contributed by atoms with Crippen LogP contribution < -0.4 is 0 Å². The highest BCUT2D eigenvalue weighted by atomic mass is 16.3. The van der Waals surface area contributed by atoms with Crippen molar-refractivity contribution in [3.8, 4) is 11.3 Å². The summed E-state index contributed by atoms with van der Waals surface area (Å²) in [7, 11) is 0. The number of rotatable bonds is 5. The second-order valence-corrected chi connectivity index (χ2v) is 6.72. The quantitative estimate of drug-likeness (QED) is 0.579. The van der Waals surface area contributed by atoms with E-state index in [4.69, 9.17) is 0 Å². The van der Waals surface area contributed by atoms with Crippen molar-refractivity contribution in [2.45, 2.75) is 32.9 Å². The first kappa shape index (κ1) is 16.5. The zero-order valence-electron chi connectivity index (χ0n) is 15.0. The highest BCUT2D eigenvalue weighted by Crippen LogP contribution is 2.25. The van der Waals surface area contributed by atoms with Gasteiger partial charge in [0.2, 0.25) is 0 Å². The Labute approximate surface area is 152 Å². The maximum atomic E-state index is 10.0. The third-order valence-corrected chi connectivity index (χ3v) is 4.54. The largest absolute Gasteiger partial charge is 0.393 e. The summed E-state index contributed by atoms with van der Waals surface area (Å²) in [6.07, 6.45) is 1.98. The highest BCUT2D eigenvalue weighted by molar-refractivity contribution is 5.78. The van der Waals surface area contributed by atoms with Gasteiger partial charge in [-0.3, -0.25) is 0 Å². The molecular formula is C21H22N4O. The third-order valence-electron chi connectivity index (χ3n) is 4.54. The number of aliphatic hydroxyl groups is 1. The van der Waals surface area contributed by atoms with Gasteiger partial charge in [-0.1, -0.05) is 42.5 Å². The Morgan fingerprint density at radius 3 is 2.69 bits per heavy atom. The molecule has 0 saturated carbocycles. The lowest BCUT2D eigenvalue weighted by atomic mass is 10.1. The molecule has 0 saturated heterocycles. The van der Waals surface area contributed by atoms with Gasteiger partial charge >= 0.3 is 0 Å². The lowest BCUT2D eigenvalue weighted by Gasteiger charge is -2.12. The zero-order chi connectivity index (χ0) is 18.1. The van der Waals surface area contributed by atoms with Crippen molar-refractivity contribution in [2.75, 3.05) is 0 Å². The molecule has 0 aliphatic carbocycles. The number of aliphatic hydroxyl groups excluding tert-OH is 1. The van der Waals surface area contributed by atoms with Crippen molar-refractivity contribution >= 4 is 11.0 Å².